The van der Waals surface area contributed by atoms with E-state index in [2.05, 4.69) is 15.3 Å². The second-order valence-electron chi connectivity index (χ2n) is 7.09. The lowest BCUT2D eigenvalue weighted by Gasteiger charge is -2.17. The van der Waals surface area contributed by atoms with Gasteiger partial charge in [0, 0.05) is 22.2 Å². The van der Waals surface area contributed by atoms with E-state index in [1.165, 1.54) is 6.20 Å². The maximum atomic E-state index is 12.7. The average Bonchev–Trinajstić information content (AvgIpc) is 2.60. The van der Waals surface area contributed by atoms with Gasteiger partial charge in [-0.2, -0.15) is 0 Å². The molecule has 0 aliphatic heterocycles. The number of H-pyrrole nitrogens is 1. The fourth-order valence-electron chi connectivity index (χ4n) is 2.37. The van der Waals surface area contributed by atoms with Crippen molar-refractivity contribution in [2.75, 3.05) is 5.32 Å². The summed E-state index contributed by atoms with van der Waals surface area (Å²) in [5.74, 6) is -0.270. The minimum atomic E-state index is -0.495. The summed E-state index contributed by atoms with van der Waals surface area (Å²) in [6.07, 6.45) is 1.20. The van der Waals surface area contributed by atoms with Crippen molar-refractivity contribution in [3.05, 3.63) is 70.1 Å². The normalized spacial score (nSPS) is 11.3. The molecule has 26 heavy (non-hydrogen) atoms. The minimum Gasteiger partial charge on any atom is -0.326 e. The second-order valence-corrected chi connectivity index (χ2v) is 7.09. The van der Waals surface area contributed by atoms with Gasteiger partial charge in [-0.05, 0) is 42.5 Å². The molecule has 1 amide bonds. The van der Waals surface area contributed by atoms with Crippen molar-refractivity contribution < 1.29 is 9.59 Å². The Bertz CT molecular complexity index is 1040. The fourth-order valence-corrected chi connectivity index (χ4v) is 2.37. The Hall–Kier alpha value is -3.28. The van der Waals surface area contributed by atoms with Crippen LogP contribution in [0.1, 0.15) is 36.7 Å². The number of ketones is 1. The fraction of sp³-hybridized carbons (Fsp3) is 0.200. The monoisotopic (exact) mass is 349 g/mol. The van der Waals surface area contributed by atoms with Crippen molar-refractivity contribution in [2.45, 2.75) is 20.8 Å². The van der Waals surface area contributed by atoms with Crippen LogP contribution >= 0.6 is 0 Å². The highest BCUT2D eigenvalue weighted by Crippen LogP contribution is 2.19. The highest BCUT2D eigenvalue weighted by molar-refractivity contribution is 6.10. The van der Waals surface area contributed by atoms with E-state index in [1.807, 2.05) is 20.8 Å². The molecule has 3 rings (SSSR count). The number of nitrogens with one attached hydrogen (secondary N) is 2. The van der Waals surface area contributed by atoms with E-state index >= 15 is 0 Å². The van der Waals surface area contributed by atoms with Crippen LogP contribution in [0.3, 0.4) is 0 Å². The Labute approximate surface area is 150 Å². The summed E-state index contributed by atoms with van der Waals surface area (Å²) in [6.45, 7) is 5.50. The summed E-state index contributed by atoms with van der Waals surface area (Å²) in [5.41, 5.74) is 1.88. The van der Waals surface area contributed by atoms with Gasteiger partial charge >= 0.3 is 0 Å². The topological polar surface area (TPSA) is 91.9 Å². The molecular formula is C20H19N3O3. The summed E-state index contributed by atoms with van der Waals surface area (Å²) in [4.78, 5) is 42.8. The van der Waals surface area contributed by atoms with Gasteiger partial charge in [-0.3, -0.25) is 14.4 Å². The molecule has 0 saturated carbocycles. The van der Waals surface area contributed by atoms with Crippen molar-refractivity contribution in [1.82, 2.24) is 9.97 Å². The van der Waals surface area contributed by atoms with Gasteiger partial charge in [-0.15, -0.1) is 0 Å². The zero-order chi connectivity index (χ0) is 18.9. The van der Waals surface area contributed by atoms with Gasteiger partial charge in [0.2, 0.25) is 5.91 Å². The Morgan fingerprint density at radius 2 is 1.65 bits per heavy atom. The van der Waals surface area contributed by atoms with Crippen LogP contribution in [0.2, 0.25) is 0 Å². The predicted molar refractivity (Wildman–Crippen MR) is 100 cm³/mol. The van der Waals surface area contributed by atoms with E-state index in [-0.39, 0.29) is 17.2 Å². The lowest BCUT2D eigenvalue weighted by atomic mass is 9.95. The molecular weight excluding hydrogens is 330 g/mol. The highest BCUT2D eigenvalue weighted by atomic mass is 16.2. The second kappa shape index (κ2) is 6.55. The third-order valence-corrected chi connectivity index (χ3v) is 3.92. The number of hydrogen-bond donors (Lipinski definition) is 2. The molecule has 0 saturated heterocycles. The number of nitrogens with zero attached hydrogens (tertiary/aromatic N) is 1. The Morgan fingerprint density at radius 3 is 2.31 bits per heavy atom. The van der Waals surface area contributed by atoms with Crippen molar-refractivity contribution in [1.29, 1.82) is 0 Å². The van der Waals surface area contributed by atoms with Crippen LogP contribution in [0, 0.1) is 5.41 Å². The van der Waals surface area contributed by atoms with Gasteiger partial charge < -0.3 is 10.3 Å². The number of aromatic amines is 1. The number of hydrogen-bond acceptors (Lipinski definition) is 4. The molecule has 2 N–H and O–H groups in total. The Morgan fingerprint density at radius 1 is 1.00 bits per heavy atom. The maximum Gasteiger partial charge on any atom is 0.266 e. The summed E-state index contributed by atoms with van der Waals surface area (Å²) in [5, 5.41) is 2.82. The summed E-state index contributed by atoms with van der Waals surface area (Å²) >= 11 is 0. The molecule has 2 aromatic carbocycles. The van der Waals surface area contributed by atoms with E-state index < -0.39 is 5.41 Å². The summed E-state index contributed by atoms with van der Waals surface area (Å²) in [7, 11) is 0. The van der Waals surface area contributed by atoms with Gasteiger partial charge in [0.1, 0.15) is 0 Å². The molecule has 0 bridgehead atoms. The van der Waals surface area contributed by atoms with E-state index in [4.69, 9.17) is 0 Å². The summed E-state index contributed by atoms with van der Waals surface area (Å²) in [6, 6.07) is 11.7. The van der Waals surface area contributed by atoms with E-state index in [0.717, 1.165) is 0 Å². The number of benzene rings is 2. The molecule has 1 heterocycles. The van der Waals surface area contributed by atoms with Crippen molar-refractivity contribution in [3.8, 4) is 0 Å². The first kappa shape index (κ1) is 17.5. The lowest BCUT2D eigenvalue weighted by molar-refractivity contribution is -0.123. The van der Waals surface area contributed by atoms with Crippen molar-refractivity contribution in [2.24, 2.45) is 5.41 Å². The van der Waals surface area contributed by atoms with Crippen LogP contribution in [0.25, 0.3) is 11.0 Å². The summed E-state index contributed by atoms with van der Waals surface area (Å²) < 4.78 is 0. The molecule has 0 unspecified atom stereocenters. The number of rotatable bonds is 3. The van der Waals surface area contributed by atoms with Crippen LogP contribution in [-0.4, -0.2) is 21.7 Å². The molecule has 6 heteroatoms. The minimum absolute atomic E-state index is 0.0949. The van der Waals surface area contributed by atoms with Crippen LogP contribution < -0.4 is 10.9 Å². The Kier molecular flexibility index (Phi) is 4.42. The molecule has 0 aliphatic rings. The molecule has 0 radical (unpaired) electrons. The van der Waals surface area contributed by atoms with E-state index in [1.54, 1.807) is 42.5 Å². The molecule has 0 atom stereocenters. The Balaban J connectivity index is 1.84. The number of carbonyl (C=O) groups excluding carboxylic acids is 2. The van der Waals surface area contributed by atoms with E-state index in [0.29, 0.717) is 27.8 Å². The molecule has 3 aromatic rings. The molecule has 6 nitrogen and oxygen atoms in total. The molecule has 1 aromatic heterocycles. The first-order valence-electron chi connectivity index (χ1n) is 8.19. The standard InChI is InChI=1S/C20H19N3O3/c1-20(2,3)19(26)22-14-7-4-12(5-8-14)18(25)13-6-9-15-16(10-13)23-17(24)11-21-15/h4-11H,1-3H3,(H,22,26)(H,23,24). The van der Waals surface area contributed by atoms with Gasteiger partial charge in [0.05, 0.1) is 17.2 Å². The molecule has 0 fully saturated rings. The van der Waals surface area contributed by atoms with Crippen LogP contribution in [-0.2, 0) is 4.79 Å². The van der Waals surface area contributed by atoms with Gasteiger partial charge in [-0.25, -0.2) is 4.98 Å². The molecule has 0 aliphatic carbocycles. The smallest absolute Gasteiger partial charge is 0.266 e. The zero-order valence-electron chi connectivity index (χ0n) is 14.8. The SMILES string of the molecule is CC(C)(C)C(=O)Nc1ccc(C(=O)c2ccc3ncc(=O)[nH]c3c2)cc1. The quantitative estimate of drug-likeness (QED) is 0.711. The number of amides is 1. The first-order chi connectivity index (χ1) is 12.2. The lowest BCUT2D eigenvalue weighted by Crippen LogP contribution is -2.27. The zero-order valence-corrected chi connectivity index (χ0v) is 14.8. The third kappa shape index (κ3) is 3.69. The van der Waals surface area contributed by atoms with Gasteiger partial charge in [-0.1, -0.05) is 20.8 Å². The predicted octanol–water partition coefficient (Wildman–Crippen LogP) is 3.14. The van der Waals surface area contributed by atoms with Crippen LogP contribution in [0.15, 0.2) is 53.5 Å². The van der Waals surface area contributed by atoms with Crippen LogP contribution in [0.4, 0.5) is 5.69 Å². The maximum absolute atomic E-state index is 12.7. The first-order valence-corrected chi connectivity index (χ1v) is 8.19. The van der Waals surface area contributed by atoms with Crippen molar-refractivity contribution in [3.63, 3.8) is 0 Å². The highest BCUT2D eigenvalue weighted by Gasteiger charge is 2.21. The van der Waals surface area contributed by atoms with Crippen LogP contribution in [0.5, 0.6) is 0 Å². The van der Waals surface area contributed by atoms with Gasteiger partial charge in [0.25, 0.3) is 5.56 Å². The van der Waals surface area contributed by atoms with Gasteiger partial charge in [0.15, 0.2) is 5.78 Å². The van der Waals surface area contributed by atoms with E-state index in [9.17, 15) is 14.4 Å². The number of aromatic nitrogens is 2. The molecule has 132 valence electrons. The van der Waals surface area contributed by atoms with Crippen molar-refractivity contribution >= 4 is 28.4 Å². The average molecular weight is 349 g/mol. The molecule has 0 spiro atoms. The largest absolute Gasteiger partial charge is 0.326 e. The number of carbonyl (C=O) groups is 2. The number of anilines is 1. The third-order valence-electron chi connectivity index (χ3n) is 3.92. The number of fused-ring (bicyclic) bond motifs is 1.